The Morgan fingerprint density at radius 2 is 2.32 bits per heavy atom. The molecule has 2 N–H and O–H groups in total. The molecule has 0 saturated carbocycles. The molecule has 1 aromatic rings. The van der Waals surface area contributed by atoms with Crippen LogP contribution in [0.2, 0.25) is 0 Å². The first-order valence-electron chi connectivity index (χ1n) is 5.95. The predicted octanol–water partition coefficient (Wildman–Crippen LogP) is 0.194. The highest BCUT2D eigenvalue weighted by molar-refractivity contribution is 7.91. The Morgan fingerprint density at radius 1 is 1.58 bits per heavy atom. The largest absolute Gasteiger partial charge is 0.505 e. The van der Waals surface area contributed by atoms with Crippen molar-refractivity contribution in [3.05, 3.63) is 23.0 Å². The van der Waals surface area contributed by atoms with Crippen molar-refractivity contribution >= 4 is 16.1 Å². The van der Waals surface area contributed by atoms with Crippen LogP contribution in [-0.4, -0.2) is 47.4 Å². The quantitative estimate of drug-likeness (QED) is 0.772. The molecule has 0 unspecified atom stereocenters. The zero-order chi connectivity index (χ0) is 14.0. The molecule has 104 valence electrons. The second-order valence-electron chi connectivity index (χ2n) is 4.62. The average molecular weight is 284 g/mol. The van der Waals surface area contributed by atoms with Crippen molar-refractivity contribution in [1.82, 2.24) is 4.98 Å². The van der Waals surface area contributed by atoms with Crippen molar-refractivity contribution in [2.24, 2.45) is 4.99 Å². The number of aromatic nitrogens is 1. The van der Waals surface area contributed by atoms with Gasteiger partial charge in [-0.25, -0.2) is 8.42 Å². The first kappa shape index (κ1) is 14.0. The molecule has 6 nitrogen and oxygen atoms in total. The lowest BCUT2D eigenvalue weighted by Gasteiger charge is -2.08. The summed E-state index contributed by atoms with van der Waals surface area (Å²) in [6, 6.07) is -0.274. The standard InChI is InChI=1S/C12H16N2O4S/c1-8-12(16)11(9(6-15)4-13-8)5-14-10-2-3-19(17,18)7-10/h4-5,10,15-16H,2-3,6-7H2,1H3/t10-/m1/s1. The number of aliphatic imine (C=N–C) groups is 1. The third-order valence-electron chi connectivity index (χ3n) is 3.15. The molecule has 1 fully saturated rings. The molecule has 1 aliphatic rings. The highest BCUT2D eigenvalue weighted by Gasteiger charge is 2.27. The molecule has 0 aromatic carbocycles. The number of aryl methyl sites for hydroxylation is 1. The smallest absolute Gasteiger partial charge is 0.152 e. The van der Waals surface area contributed by atoms with Gasteiger partial charge in [0.2, 0.25) is 0 Å². The maximum atomic E-state index is 11.3. The van der Waals surface area contributed by atoms with Crippen molar-refractivity contribution in [3.63, 3.8) is 0 Å². The highest BCUT2D eigenvalue weighted by atomic mass is 32.2. The van der Waals surface area contributed by atoms with Crippen LogP contribution < -0.4 is 0 Å². The molecule has 0 aliphatic carbocycles. The summed E-state index contributed by atoms with van der Waals surface area (Å²) in [6.07, 6.45) is 3.40. The van der Waals surface area contributed by atoms with Gasteiger partial charge in [-0.3, -0.25) is 9.98 Å². The van der Waals surface area contributed by atoms with Gasteiger partial charge < -0.3 is 10.2 Å². The van der Waals surface area contributed by atoms with Crippen LogP contribution in [0.25, 0.3) is 0 Å². The third kappa shape index (κ3) is 3.10. The number of hydrogen-bond donors (Lipinski definition) is 2. The molecule has 0 spiro atoms. The van der Waals surface area contributed by atoms with E-state index in [1.165, 1.54) is 12.4 Å². The van der Waals surface area contributed by atoms with E-state index < -0.39 is 9.84 Å². The number of pyridine rings is 1. The minimum Gasteiger partial charge on any atom is -0.505 e. The Morgan fingerprint density at radius 3 is 2.89 bits per heavy atom. The summed E-state index contributed by atoms with van der Waals surface area (Å²) in [4.78, 5) is 8.14. The maximum Gasteiger partial charge on any atom is 0.152 e. The zero-order valence-electron chi connectivity index (χ0n) is 10.6. The second-order valence-corrected chi connectivity index (χ2v) is 6.85. The van der Waals surface area contributed by atoms with E-state index in [1.54, 1.807) is 6.92 Å². The summed E-state index contributed by atoms with van der Waals surface area (Å²) in [6.45, 7) is 1.39. The minimum atomic E-state index is -2.97. The van der Waals surface area contributed by atoms with E-state index >= 15 is 0 Å². The number of aliphatic hydroxyl groups is 1. The van der Waals surface area contributed by atoms with Crippen molar-refractivity contribution in [1.29, 1.82) is 0 Å². The van der Waals surface area contributed by atoms with E-state index in [0.717, 1.165) is 0 Å². The number of hydrogen-bond acceptors (Lipinski definition) is 6. The Labute approximate surface area is 111 Å². The fraction of sp³-hybridized carbons (Fsp3) is 0.500. The number of aliphatic hydroxyl groups excluding tert-OH is 1. The van der Waals surface area contributed by atoms with Gasteiger partial charge >= 0.3 is 0 Å². The van der Waals surface area contributed by atoms with Crippen LogP contribution in [-0.2, 0) is 16.4 Å². The van der Waals surface area contributed by atoms with E-state index in [-0.39, 0.29) is 29.9 Å². The topological polar surface area (TPSA) is 99.9 Å². The molecule has 1 aromatic heterocycles. The second kappa shape index (κ2) is 5.26. The Hall–Kier alpha value is -1.47. The third-order valence-corrected chi connectivity index (χ3v) is 4.90. The number of aromatic hydroxyl groups is 1. The molecule has 0 bridgehead atoms. The van der Waals surface area contributed by atoms with E-state index in [2.05, 4.69) is 9.98 Å². The van der Waals surface area contributed by atoms with E-state index in [4.69, 9.17) is 0 Å². The van der Waals surface area contributed by atoms with E-state index in [0.29, 0.717) is 23.2 Å². The van der Waals surface area contributed by atoms with Crippen LogP contribution in [0.5, 0.6) is 5.75 Å². The SMILES string of the molecule is Cc1ncc(CO)c(C=N[C@@H]2CCS(=O)(=O)C2)c1O. The van der Waals surface area contributed by atoms with Crippen LogP contribution in [0.1, 0.15) is 23.2 Å². The zero-order valence-corrected chi connectivity index (χ0v) is 11.4. The van der Waals surface area contributed by atoms with Crippen molar-refractivity contribution in [2.75, 3.05) is 11.5 Å². The summed E-state index contributed by atoms with van der Waals surface area (Å²) >= 11 is 0. The van der Waals surface area contributed by atoms with Crippen LogP contribution in [0, 0.1) is 6.92 Å². The molecule has 2 heterocycles. The van der Waals surface area contributed by atoms with Gasteiger partial charge in [0.25, 0.3) is 0 Å². The monoisotopic (exact) mass is 284 g/mol. The highest BCUT2D eigenvalue weighted by Crippen LogP contribution is 2.23. The van der Waals surface area contributed by atoms with Gasteiger partial charge in [0.1, 0.15) is 5.75 Å². The Kier molecular flexibility index (Phi) is 3.86. The molecule has 0 radical (unpaired) electrons. The van der Waals surface area contributed by atoms with Gasteiger partial charge in [0.15, 0.2) is 9.84 Å². The van der Waals surface area contributed by atoms with Crippen LogP contribution >= 0.6 is 0 Å². The predicted molar refractivity (Wildman–Crippen MR) is 71.2 cm³/mol. The van der Waals surface area contributed by atoms with Gasteiger partial charge in [-0.15, -0.1) is 0 Å². The summed E-state index contributed by atoms with van der Waals surface area (Å²) in [5.74, 6) is 0.169. The van der Waals surface area contributed by atoms with Crippen molar-refractivity contribution in [3.8, 4) is 5.75 Å². The Balaban J connectivity index is 2.26. The summed E-state index contributed by atoms with van der Waals surface area (Å²) in [7, 11) is -2.97. The van der Waals surface area contributed by atoms with Crippen LogP contribution in [0.15, 0.2) is 11.2 Å². The molecule has 7 heteroatoms. The lowest BCUT2D eigenvalue weighted by atomic mass is 10.1. The van der Waals surface area contributed by atoms with Gasteiger partial charge in [0, 0.05) is 23.5 Å². The van der Waals surface area contributed by atoms with E-state index in [9.17, 15) is 18.6 Å². The molecule has 1 saturated heterocycles. The summed E-state index contributed by atoms with van der Waals surface area (Å²) in [5, 5.41) is 19.1. The molecule has 1 atom stereocenters. The number of rotatable bonds is 3. The van der Waals surface area contributed by atoms with Gasteiger partial charge in [0.05, 0.1) is 29.8 Å². The fourth-order valence-corrected chi connectivity index (χ4v) is 3.63. The van der Waals surface area contributed by atoms with Crippen LogP contribution in [0.4, 0.5) is 0 Å². The molecule has 0 amide bonds. The summed E-state index contributed by atoms with van der Waals surface area (Å²) in [5.41, 5.74) is 1.31. The number of nitrogens with zero attached hydrogens (tertiary/aromatic N) is 2. The number of sulfone groups is 1. The normalized spacial score (nSPS) is 22.1. The van der Waals surface area contributed by atoms with E-state index in [1.807, 2.05) is 0 Å². The van der Waals surface area contributed by atoms with Gasteiger partial charge in [-0.2, -0.15) is 0 Å². The lowest BCUT2D eigenvalue weighted by Crippen LogP contribution is -2.08. The van der Waals surface area contributed by atoms with Crippen molar-refractivity contribution in [2.45, 2.75) is 26.0 Å². The molecule has 19 heavy (non-hydrogen) atoms. The first-order valence-corrected chi connectivity index (χ1v) is 7.77. The molecule has 1 aliphatic heterocycles. The molecular formula is C12H16N2O4S. The average Bonchev–Trinajstić information content (AvgIpc) is 2.71. The minimum absolute atomic E-state index is 0.0313. The van der Waals surface area contributed by atoms with Gasteiger partial charge in [-0.1, -0.05) is 0 Å². The van der Waals surface area contributed by atoms with Crippen molar-refractivity contribution < 1.29 is 18.6 Å². The molecular weight excluding hydrogens is 268 g/mol. The Bertz CT molecular complexity index is 610. The molecule has 2 rings (SSSR count). The van der Waals surface area contributed by atoms with Crippen LogP contribution in [0.3, 0.4) is 0 Å². The lowest BCUT2D eigenvalue weighted by molar-refractivity contribution is 0.280. The fourth-order valence-electron chi connectivity index (χ4n) is 2.00. The summed E-state index contributed by atoms with van der Waals surface area (Å²) < 4.78 is 22.6. The van der Waals surface area contributed by atoms with Gasteiger partial charge in [-0.05, 0) is 13.3 Å². The first-order chi connectivity index (χ1) is 8.93. The maximum absolute atomic E-state index is 11.3.